The Bertz CT molecular complexity index is 962. The second-order valence-electron chi connectivity index (χ2n) is 6.02. The summed E-state index contributed by atoms with van der Waals surface area (Å²) in [4.78, 5) is 15.7. The summed E-state index contributed by atoms with van der Waals surface area (Å²) in [7, 11) is 1.60. The number of benzene rings is 2. The van der Waals surface area contributed by atoms with Crippen LogP contribution in [0.15, 0.2) is 53.5 Å². The van der Waals surface area contributed by atoms with Crippen LogP contribution in [0.1, 0.15) is 21.5 Å². The lowest BCUT2D eigenvalue weighted by molar-refractivity contribution is 0.0945. The van der Waals surface area contributed by atoms with Crippen LogP contribution in [-0.4, -0.2) is 50.4 Å². The Kier molecular flexibility index (Phi) is 9.48. The van der Waals surface area contributed by atoms with Gasteiger partial charge in [-0.3, -0.25) is 9.79 Å². The first-order valence-corrected chi connectivity index (χ1v) is 9.27. The second-order valence-corrected chi connectivity index (χ2v) is 6.02. The van der Waals surface area contributed by atoms with Crippen molar-refractivity contribution in [1.82, 2.24) is 5.32 Å². The van der Waals surface area contributed by atoms with Gasteiger partial charge in [-0.15, -0.1) is 0 Å². The number of carbonyl (C=O) groups excluding carboxylic acids is 1. The van der Waals surface area contributed by atoms with Gasteiger partial charge >= 0.3 is 0 Å². The van der Waals surface area contributed by atoms with Crippen LogP contribution in [0.25, 0.3) is 0 Å². The molecule has 30 heavy (non-hydrogen) atoms. The molecule has 0 radical (unpaired) electrons. The molecule has 1 atom stereocenters. The standard InChI is InChI=1S/C23H24N4O3/c1-30-22(16-25-17-24)27-21-12-8-19(9-13-21)5-3-2-4-18-6-10-20(11-7-18)23(29)26-14-15-28/h6-13,17,22,27-28H,14-16H2,1H3,(H2,24,25)(H,26,29). The first-order chi connectivity index (χ1) is 14.7. The van der Waals surface area contributed by atoms with E-state index in [0.29, 0.717) is 12.1 Å². The minimum Gasteiger partial charge on any atom is -0.395 e. The van der Waals surface area contributed by atoms with Gasteiger partial charge in [0.15, 0.2) is 0 Å². The average Bonchev–Trinajstić information content (AvgIpc) is 2.79. The zero-order chi connectivity index (χ0) is 21.6. The maximum absolute atomic E-state index is 11.8. The summed E-state index contributed by atoms with van der Waals surface area (Å²) in [5, 5.41) is 14.5. The smallest absolute Gasteiger partial charge is 0.251 e. The van der Waals surface area contributed by atoms with Crippen molar-refractivity contribution in [3.63, 3.8) is 0 Å². The summed E-state index contributed by atoms with van der Waals surface area (Å²) in [6.45, 7) is 0.548. The number of rotatable bonds is 8. The molecule has 2 aromatic carbocycles. The highest BCUT2D eigenvalue weighted by Crippen LogP contribution is 2.10. The van der Waals surface area contributed by atoms with E-state index in [0.717, 1.165) is 16.8 Å². The molecule has 2 rings (SSSR count). The van der Waals surface area contributed by atoms with Crippen LogP contribution in [0.2, 0.25) is 0 Å². The van der Waals surface area contributed by atoms with E-state index in [1.807, 2.05) is 24.3 Å². The lowest BCUT2D eigenvalue weighted by Gasteiger charge is -2.16. The number of aliphatic imine (C=N–C) groups is 1. The first-order valence-electron chi connectivity index (χ1n) is 9.27. The fraction of sp³-hybridized carbons (Fsp3) is 0.217. The molecule has 0 fully saturated rings. The zero-order valence-electron chi connectivity index (χ0n) is 16.7. The molecule has 7 heteroatoms. The number of hydrogen-bond donors (Lipinski definition) is 4. The Morgan fingerprint density at radius 2 is 1.73 bits per heavy atom. The number of aliphatic hydroxyl groups is 1. The lowest BCUT2D eigenvalue weighted by Crippen LogP contribution is -2.26. The van der Waals surface area contributed by atoms with Crippen LogP contribution in [0.3, 0.4) is 0 Å². The minimum absolute atomic E-state index is 0.0925. The summed E-state index contributed by atoms with van der Waals surface area (Å²) >= 11 is 0. The molecular weight excluding hydrogens is 380 g/mol. The largest absolute Gasteiger partial charge is 0.395 e. The summed E-state index contributed by atoms with van der Waals surface area (Å²) < 4.78 is 5.29. The number of nitrogens with one attached hydrogen (secondary N) is 2. The fourth-order valence-electron chi connectivity index (χ4n) is 2.35. The number of nitrogens with two attached hydrogens (primary N) is 1. The van der Waals surface area contributed by atoms with Crippen molar-refractivity contribution in [3.05, 3.63) is 65.2 Å². The van der Waals surface area contributed by atoms with E-state index >= 15 is 0 Å². The van der Waals surface area contributed by atoms with Gasteiger partial charge in [0.1, 0.15) is 6.23 Å². The van der Waals surface area contributed by atoms with Gasteiger partial charge in [-0.2, -0.15) is 0 Å². The van der Waals surface area contributed by atoms with Gasteiger partial charge in [-0.1, -0.05) is 11.8 Å². The third kappa shape index (κ3) is 7.69. The summed E-state index contributed by atoms with van der Waals surface area (Å²) in [5.74, 6) is 11.3. The number of aliphatic hydroxyl groups excluding tert-OH is 1. The van der Waals surface area contributed by atoms with Crippen LogP contribution in [-0.2, 0) is 4.74 Å². The zero-order valence-corrected chi connectivity index (χ0v) is 16.7. The average molecular weight is 404 g/mol. The summed E-state index contributed by atoms with van der Waals surface area (Å²) in [6.07, 6.45) is 0.984. The van der Waals surface area contributed by atoms with Gasteiger partial charge in [0.2, 0.25) is 0 Å². The number of amides is 1. The maximum Gasteiger partial charge on any atom is 0.251 e. The van der Waals surface area contributed by atoms with Gasteiger partial charge in [-0.25, -0.2) is 0 Å². The van der Waals surface area contributed by atoms with Gasteiger partial charge in [0.05, 0.1) is 19.5 Å². The van der Waals surface area contributed by atoms with Crippen molar-refractivity contribution < 1.29 is 14.6 Å². The van der Waals surface area contributed by atoms with Crippen LogP contribution in [0.5, 0.6) is 0 Å². The number of carbonyl (C=O) groups is 1. The van der Waals surface area contributed by atoms with E-state index in [1.54, 1.807) is 31.4 Å². The quantitative estimate of drug-likeness (QED) is 0.229. The molecule has 1 amide bonds. The van der Waals surface area contributed by atoms with Crippen LogP contribution >= 0.6 is 0 Å². The van der Waals surface area contributed by atoms with Crippen LogP contribution in [0, 0.1) is 23.7 Å². The Morgan fingerprint density at radius 3 is 2.27 bits per heavy atom. The highest BCUT2D eigenvalue weighted by Gasteiger charge is 2.05. The van der Waals surface area contributed by atoms with E-state index in [-0.39, 0.29) is 25.3 Å². The molecule has 1 unspecified atom stereocenters. The molecule has 0 heterocycles. The number of nitrogens with zero attached hydrogens (tertiary/aromatic N) is 1. The molecule has 0 aliphatic rings. The SMILES string of the molecule is COC(CN=CN)Nc1ccc(C#CC#Cc2ccc(C(=O)NCCO)cc2)cc1. The van der Waals surface area contributed by atoms with Gasteiger partial charge in [-0.05, 0) is 60.4 Å². The van der Waals surface area contributed by atoms with E-state index < -0.39 is 0 Å². The Morgan fingerprint density at radius 1 is 1.13 bits per heavy atom. The van der Waals surface area contributed by atoms with E-state index in [9.17, 15) is 4.79 Å². The first kappa shape index (κ1) is 22.5. The maximum atomic E-state index is 11.8. The van der Waals surface area contributed by atoms with Crippen molar-refractivity contribution in [2.24, 2.45) is 10.7 Å². The molecule has 5 N–H and O–H groups in total. The molecule has 2 aromatic rings. The minimum atomic E-state index is -0.264. The van der Waals surface area contributed by atoms with Crippen molar-refractivity contribution in [1.29, 1.82) is 0 Å². The van der Waals surface area contributed by atoms with Crippen molar-refractivity contribution in [2.45, 2.75) is 6.23 Å². The van der Waals surface area contributed by atoms with Crippen LogP contribution in [0.4, 0.5) is 5.69 Å². The highest BCUT2D eigenvalue weighted by molar-refractivity contribution is 5.94. The Hall–Kier alpha value is -3.78. The molecule has 0 aromatic heterocycles. The monoisotopic (exact) mass is 404 g/mol. The van der Waals surface area contributed by atoms with Crippen molar-refractivity contribution in [2.75, 3.05) is 32.1 Å². The normalized spacial score (nSPS) is 11.0. The Labute approximate surface area is 176 Å². The molecular formula is C23H24N4O3. The number of ether oxygens (including phenoxy) is 1. The van der Waals surface area contributed by atoms with Gasteiger partial charge < -0.3 is 26.2 Å². The van der Waals surface area contributed by atoms with Crippen LogP contribution < -0.4 is 16.4 Å². The Balaban J connectivity index is 1.93. The predicted octanol–water partition coefficient (Wildman–Crippen LogP) is 1.18. The van der Waals surface area contributed by atoms with Crippen molar-refractivity contribution in [3.8, 4) is 23.7 Å². The third-order valence-corrected chi connectivity index (χ3v) is 3.89. The lowest BCUT2D eigenvalue weighted by atomic mass is 10.1. The summed E-state index contributed by atoms with van der Waals surface area (Å²) in [5.41, 5.74) is 8.24. The topological polar surface area (TPSA) is 109 Å². The predicted molar refractivity (Wildman–Crippen MR) is 118 cm³/mol. The van der Waals surface area contributed by atoms with E-state index in [2.05, 4.69) is 39.3 Å². The fourth-order valence-corrected chi connectivity index (χ4v) is 2.35. The highest BCUT2D eigenvalue weighted by atomic mass is 16.5. The van der Waals surface area contributed by atoms with Crippen molar-refractivity contribution >= 4 is 17.9 Å². The molecule has 0 aliphatic carbocycles. The molecule has 0 aliphatic heterocycles. The number of methoxy groups -OCH3 is 1. The molecule has 0 spiro atoms. The molecule has 0 saturated heterocycles. The second kappa shape index (κ2) is 12.6. The van der Waals surface area contributed by atoms with Gasteiger partial charge in [0.25, 0.3) is 5.91 Å². The van der Waals surface area contributed by atoms with E-state index in [1.165, 1.54) is 6.34 Å². The van der Waals surface area contributed by atoms with E-state index in [4.69, 9.17) is 15.6 Å². The number of hydrogen-bond acceptors (Lipinski definition) is 5. The molecule has 154 valence electrons. The molecule has 0 saturated carbocycles. The number of anilines is 1. The third-order valence-electron chi connectivity index (χ3n) is 3.89. The molecule has 0 bridgehead atoms. The molecule has 7 nitrogen and oxygen atoms in total. The van der Waals surface area contributed by atoms with Gasteiger partial charge in [0, 0.05) is 36.0 Å². The summed E-state index contributed by atoms with van der Waals surface area (Å²) in [6, 6.07) is 14.4.